The number of rotatable bonds is 7. The van der Waals surface area contributed by atoms with Crippen LogP contribution in [-0.4, -0.2) is 32.2 Å². The highest BCUT2D eigenvalue weighted by atomic mass is 79.9. The van der Waals surface area contributed by atoms with Gasteiger partial charge in [0.2, 0.25) is 0 Å². The average Bonchev–Trinajstić information content (AvgIpc) is 2.67. The molecule has 0 aliphatic carbocycles. The number of esters is 1. The number of amides is 1. The predicted molar refractivity (Wildman–Crippen MR) is 107 cm³/mol. The summed E-state index contributed by atoms with van der Waals surface area (Å²) in [4.78, 5) is 24.1. The van der Waals surface area contributed by atoms with Gasteiger partial charge in [0.1, 0.15) is 0 Å². The lowest BCUT2D eigenvalue weighted by Gasteiger charge is -2.12. The first-order chi connectivity index (χ1) is 12.9. The molecule has 0 aliphatic heterocycles. The second-order valence-electron chi connectivity index (χ2n) is 5.52. The Morgan fingerprint density at radius 1 is 1.04 bits per heavy atom. The molecule has 0 bridgehead atoms. The lowest BCUT2D eigenvalue weighted by molar-refractivity contribution is -0.148. The van der Waals surface area contributed by atoms with Crippen LogP contribution >= 0.6 is 15.9 Å². The zero-order chi connectivity index (χ0) is 19.8. The molecule has 1 amide bonds. The summed E-state index contributed by atoms with van der Waals surface area (Å²) in [5.41, 5.74) is 1.35. The van der Waals surface area contributed by atoms with Gasteiger partial charge in [0, 0.05) is 16.2 Å². The summed E-state index contributed by atoms with van der Waals surface area (Å²) in [6.07, 6.45) is 1.89. The number of nitrogens with one attached hydrogen (secondary N) is 1. The normalized spacial score (nSPS) is 11.7. The lowest BCUT2D eigenvalue weighted by atomic mass is 10.2. The van der Waals surface area contributed by atoms with Gasteiger partial charge in [-0.25, -0.2) is 4.79 Å². The summed E-state index contributed by atoms with van der Waals surface area (Å²) in [6, 6.07) is 12.3. The van der Waals surface area contributed by atoms with E-state index in [1.807, 2.05) is 0 Å². The molecule has 7 heteroatoms. The molecule has 0 spiro atoms. The van der Waals surface area contributed by atoms with Crippen LogP contribution < -0.4 is 14.8 Å². The minimum absolute atomic E-state index is 0.412. The van der Waals surface area contributed by atoms with E-state index < -0.39 is 18.0 Å². The number of methoxy groups -OCH3 is 2. The van der Waals surface area contributed by atoms with Crippen molar-refractivity contribution in [3.05, 3.63) is 58.6 Å². The molecule has 0 aliphatic rings. The van der Waals surface area contributed by atoms with Crippen molar-refractivity contribution in [3.8, 4) is 11.5 Å². The number of carbonyl (C=O) groups is 2. The Kier molecular flexibility index (Phi) is 7.43. The van der Waals surface area contributed by atoms with Gasteiger partial charge in [0.05, 0.1) is 14.2 Å². The van der Waals surface area contributed by atoms with Crippen LogP contribution in [0.5, 0.6) is 11.5 Å². The third-order valence-corrected chi connectivity index (χ3v) is 4.12. The van der Waals surface area contributed by atoms with Gasteiger partial charge in [-0.15, -0.1) is 0 Å². The standard InChI is InChI=1S/C20H20BrNO5/c1-13(20(24)22-16-8-6-15(21)7-9-16)27-19(23)11-5-14-4-10-17(25-2)18(12-14)26-3/h4-13H,1-3H3,(H,22,24)/b11-5+. The van der Waals surface area contributed by atoms with Crippen molar-refractivity contribution in [1.29, 1.82) is 0 Å². The molecule has 2 rings (SSSR count). The largest absolute Gasteiger partial charge is 0.493 e. The van der Waals surface area contributed by atoms with E-state index >= 15 is 0 Å². The summed E-state index contributed by atoms with van der Waals surface area (Å²) in [6.45, 7) is 1.51. The SMILES string of the molecule is COc1ccc(/C=C/C(=O)OC(C)C(=O)Nc2ccc(Br)cc2)cc1OC. The number of hydrogen-bond donors (Lipinski definition) is 1. The van der Waals surface area contributed by atoms with Crippen molar-refractivity contribution in [2.45, 2.75) is 13.0 Å². The zero-order valence-electron chi connectivity index (χ0n) is 15.2. The van der Waals surface area contributed by atoms with Gasteiger partial charge in [-0.05, 0) is 55.0 Å². The van der Waals surface area contributed by atoms with Crippen LogP contribution in [0.1, 0.15) is 12.5 Å². The summed E-state index contributed by atoms with van der Waals surface area (Å²) in [5.74, 6) is 0.110. The molecule has 0 heterocycles. The van der Waals surface area contributed by atoms with Crippen molar-refractivity contribution in [2.75, 3.05) is 19.5 Å². The maximum atomic E-state index is 12.1. The Balaban J connectivity index is 1.93. The number of hydrogen-bond acceptors (Lipinski definition) is 5. The molecule has 0 fully saturated rings. The molecule has 0 aromatic heterocycles. The average molecular weight is 434 g/mol. The van der Waals surface area contributed by atoms with Crippen molar-refractivity contribution >= 4 is 39.6 Å². The number of carbonyl (C=O) groups excluding carboxylic acids is 2. The molecule has 0 saturated heterocycles. The fraction of sp³-hybridized carbons (Fsp3) is 0.200. The van der Waals surface area contributed by atoms with E-state index in [1.54, 1.807) is 55.7 Å². The molecular formula is C20H20BrNO5. The minimum atomic E-state index is -0.934. The number of ether oxygens (including phenoxy) is 3. The second-order valence-corrected chi connectivity index (χ2v) is 6.44. The molecule has 2 aromatic carbocycles. The fourth-order valence-corrected chi connectivity index (χ4v) is 2.43. The first kappa shape index (κ1) is 20.5. The Morgan fingerprint density at radius 2 is 1.70 bits per heavy atom. The highest BCUT2D eigenvalue weighted by Gasteiger charge is 2.16. The number of halogens is 1. The van der Waals surface area contributed by atoms with E-state index in [9.17, 15) is 9.59 Å². The van der Waals surface area contributed by atoms with E-state index in [0.29, 0.717) is 17.2 Å². The zero-order valence-corrected chi connectivity index (χ0v) is 16.8. The van der Waals surface area contributed by atoms with Crippen LogP contribution in [0.4, 0.5) is 5.69 Å². The quantitative estimate of drug-likeness (QED) is 0.526. The Labute approximate surface area is 166 Å². The molecule has 1 atom stereocenters. The Bertz CT molecular complexity index is 833. The Hall–Kier alpha value is -2.80. The predicted octanol–water partition coefficient (Wildman–Crippen LogP) is 4.05. The maximum absolute atomic E-state index is 12.1. The highest BCUT2D eigenvalue weighted by molar-refractivity contribution is 9.10. The molecular weight excluding hydrogens is 414 g/mol. The summed E-state index contributed by atoms with van der Waals surface area (Å²) < 4.78 is 16.4. The van der Waals surface area contributed by atoms with E-state index in [0.717, 1.165) is 10.0 Å². The second kappa shape index (κ2) is 9.78. The number of benzene rings is 2. The maximum Gasteiger partial charge on any atom is 0.331 e. The third-order valence-electron chi connectivity index (χ3n) is 3.59. The molecule has 27 heavy (non-hydrogen) atoms. The molecule has 1 N–H and O–H groups in total. The van der Waals surface area contributed by atoms with Crippen LogP contribution in [-0.2, 0) is 14.3 Å². The van der Waals surface area contributed by atoms with Crippen molar-refractivity contribution in [2.24, 2.45) is 0 Å². The van der Waals surface area contributed by atoms with Crippen LogP contribution in [0.3, 0.4) is 0 Å². The van der Waals surface area contributed by atoms with E-state index in [2.05, 4.69) is 21.2 Å². The molecule has 0 radical (unpaired) electrons. The van der Waals surface area contributed by atoms with Crippen molar-refractivity contribution < 1.29 is 23.8 Å². The number of anilines is 1. The topological polar surface area (TPSA) is 73.9 Å². The highest BCUT2D eigenvalue weighted by Crippen LogP contribution is 2.28. The lowest BCUT2D eigenvalue weighted by Crippen LogP contribution is -2.29. The summed E-state index contributed by atoms with van der Waals surface area (Å²) >= 11 is 3.32. The Morgan fingerprint density at radius 3 is 2.33 bits per heavy atom. The first-order valence-electron chi connectivity index (χ1n) is 8.10. The van der Waals surface area contributed by atoms with E-state index in [-0.39, 0.29) is 0 Å². The monoisotopic (exact) mass is 433 g/mol. The van der Waals surface area contributed by atoms with E-state index in [1.165, 1.54) is 20.1 Å². The van der Waals surface area contributed by atoms with Crippen molar-refractivity contribution in [1.82, 2.24) is 0 Å². The van der Waals surface area contributed by atoms with Gasteiger partial charge in [-0.2, -0.15) is 0 Å². The van der Waals surface area contributed by atoms with Crippen LogP contribution in [0.2, 0.25) is 0 Å². The molecule has 142 valence electrons. The first-order valence-corrected chi connectivity index (χ1v) is 8.89. The van der Waals surface area contributed by atoms with Crippen molar-refractivity contribution in [3.63, 3.8) is 0 Å². The molecule has 2 aromatic rings. The molecule has 1 unspecified atom stereocenters. The van der Waals surface area contributed by atoms with Gasteiger partial charge < -0.3 is 19.5 Å². The van der Waals surface area contributed by atoms with Gasteiger partial charge >= 0.3 is 5.97 Å². The smallest absolute Gasteiger partial charge is 0.331 e. The van der Waals surface area contributed by atoms with Crippen LogP contribution in [0.25, 0.3) is 6.08 Å². The third kappa shape index (κ3) is 6.14. The van der Waals surface area contributed by atoms with Gasteiger partial charge in [0.25, 0.3) is 5.91 Å². The van der Waals surface area contributed by atoms with Gasteiger partial charge in [-0.3, -0.25) is 4.79 Å². The minimum Gasteiger partial charge on any atom is -0.493 e. The molecule has 6 nitrogen and oxygen atoms in total. The summed E-state index contributed by atoms with van der Waals surface area (Å²) in [7, 11) is 3.08. The van der Waals surface area contributed by atoms with Crippen LogP contribution in [0.15, 0.2) is 53.0 Å². The van der Waals surface area contributed by atoms with Crippen LogP contribution in [0, 0.1) is 0 Å². The summed E-state index contributed by atoms with van der Waals surface area (Å²) in [5, 5.41) is 2.68. The van der Waals surface area contributed by atoms with E-state index in [4.69, 9.17) is 14.2 Å². The fourth-order valence-electron chi connectivity index (χ4n) is 2.16. The van der Waals surface area contributed by atoms with Gasteiger partial charge in [-0.1, -0.05) is 22.0 Å². The molecule has 0 saturated carbocycles. The van der Waals surface area contributed by atoms with Gasteiger partial charge in [0.15, 0.2) is 17.6 Å².